The Balaban J connectivity index is 2.26. The molecule has 0 radical (unpaired) electrons. The Morgan fingerprint density at radius 2 is 2.50 bits per heavy atom. The van der Waals surface area contributed by atoms with E-state index >= 15 is 0 Å². The quantitative estimate of drug-likeness (QED) is 0.678. The number of likely N-dealkylation sites (tertiary alicyclic amines) is 1. The van der Waals surface area contributed by atoms with Crippen molar-refractivity contribution < 1.29 is 14.0 Å². The molecule has 0 spiro atoms. The number of hydrogen-bond donors (Lipinski definition) is 1. The van der Waals surface area contributed by atoms with Crippen LogP contribution in [0, 0.1) is 0 Å². The lowest BCUT2D eigenvalue weighted by Gasteiger charge is -2.19. The normalized spacial score (nSPS) is 26.2. The van der Waals surface area contributed by atoms with Gasteiger partial charge in [0.15, 0.2) is 0 Å². The highest BCUT2D eigenvalue weighted by Crippen LogP contribution is 2.21. The Labute approximate surface area is 73.5 Å². The third-order valence-electron chi connectivity index (χ3n) is 2.28. The summed E-state index contributed by atoms with van der Waals surface area (Å²) in [6, 6.07) is 0.348. The summed E-state index contributed by atoms with van der Waals surface area (Å²) >= 11 is 0. The second-order valence-corrected chi connectivity index (χ2v) is 3.69. The van der Waals surface area contributed by atoms with Crippen LogP contribution in [0.2, 0.25) is 0 Å². The SMILES string of the molecule is CCN1CCC[C@H]1CO[P+](=O)O. The predicted molar refractivity (Wildman–Crippen MR) is 46.0 cm³/mol. The van der Waals surface area contributed by atoms with Crippen molar-refractivity contribution in [3.8, 4) is 0 Å². The minimum Gasteiger partial charge on any atom is -0.298 e. The van der Waals surface area contributed by atoms with Gasteiger partial charge < -0.3 is 0 Å². The van der Waals surface area contributed by atoms with Gasteiger partial charge in [-0.25, -0.2) is 0 Å². The Bertz CT molecular complexity index is 165. The molecule has 4 nitrogen and oxygen atoms in total. The highest BCUT2D eigenvalue weighted by molar-refractivity contribution is 7.32. The fourth-order valence-corrected chi connectivity index (χ4v) is 1.95. The van der Waals surface area contributed by atoms with Gasteiger partial charge in [-0.05, 0) is 25.9 Å². The zero-order chi connectivity index (χ0) is 8.97. The van der Waals surface area contributed by atoms with Crippen molar-refractivity contribution in [3.05, 3.63) is 0 Å². The molecular weight excluding hydrogens is 177 g/mol. The number of hydrogen-bond acceptors (Lipinski definition) is 3. The first-order valence-electron chi connectivity index (χ1n) is 4.27. The Morgan fingerprint density at radius 3 is 3.08 bits per heavy atom. The molecule has 1 N–H and O–H groups in total. The first-order chi connectivity index (χ1) is 5.74. The van der Waals surface area contributed by atoms with Crippen LogP contribution in [0.25, 0.3) is 0 Å². The van der Waals surface area contributed by atoms with E-state index in [9.17, 15) is 4.57 Å². The molecule has 0 amide bonds. The van der Waals surface area contributed by atoms with Crippen LogP contribution in [0.5, 0.6) is 0 Å². The molecule has 12 heavy (non-hydrogen) atoms. The summed E-state index contributed by atoms with van der Waals surface area (Å²) in [5.74, 6) is 0. The van der Waals surface area contributed by atoms with Crippen molar-refractivity contribution in [3.63, 3.8) is 0 Å². The molecule has 0 bridgehead atoms. The van der Waals surface area contributed by atoms with E-state index in [2.05, 4.69) is 16.3 Å². The number of likely N-dealkylation sites (N-methyl/N-ethyl adjacent to an activating group) is 1. The van der Waals surface area contributed by atoms with Crippen LogP contribution in [0.1, 0.15) is 19.8 Å². The van der Waals surface area contributed by atoms with Crippen LogP contribution in [0.3, 0.4) is 0 Å². The summed E-state index contributed by atoms with van der Waals surface area (Å²) in [4.78, 5) is 10.7. The molecule has 1 unspecified atom stereocenters. The van der Waals surface area contributed by atoms with E-state index in [-0.39, 0.29) is 0 Å². The molecule has 1 aliphatic rings. The van der Waals surface area contributed by atoms with Gasteiger partial charge >= 0.3 is 8.25 Å². The minimum atomic E-state index is -2.42. The van der Waals surface area contributed by atoms with Gasteiger partial charge in [-0.15, -0.1) is 9.42 Å². The molecule has 70 valence electrons. The van der Waals surface area contributed by atoms with Gasteiger partial charge in [-0.1, -0.05) is 6.92 Å². The maximum atomic E-state index is 10.3. The van der Waals surface area contributed by atoms with Gasteiger partial charge in [-0.2, -0.15) is 0 Å². The third kappa shape index (κ3) is 2.79. The molecule has 0 aromatic heterocycles. The Kier molecular flexibility index (Phi) is 4.09. The maximum Gasteiger partial charge on any atom is 0.694 e. The van der Waals surface area contributed by atoms with E-state index in [1.54, 1.807) is 0 Å². The number of nitrogens with zero attached hydrogens (tertiary/aromatic N) is 1. The summed E-state index contributed by atoms with van der Waals surface area (Å²) in [5, 5.41) is 0. The summed E-state index contributed by atoms with van der Waals surface area (Å²) in [6.07, 6.45) is 2.25. The Hall–Kier alpha value is -0.0200. The fourth-order valence-electron chi connectivity index (χ4n) is 1.65. The molecular formula is C7H15NO3P+. The molecule has 0 aliphatic carbocycles. The van der Waals surface area contributed by atoms with E-state index in [4.69, 9.17) is 4.89 Å². The lowest BCUT2D eigenvalue weighted by molar-refractivity contribution is 0.172. The predicted octanol–water partition coefficient (Wildman–Crippen LogP) is 1.14. The first kappa shape index (κ1) is 10.1. The molecule has 0 aromatic rings. The summed E-state index contributed by atoms with van der Waals surface area (Å²) in [6.45, 7) is 4.57. The van der Waals surface area contributed by atoms with Crippen LogP contribution in [0.4, 0.5) is 0 Å². The molecule has 5 heteroatoms. The summed E-state index contributed by atoms with van der Waals surface area (Å²) in [7, 11) is -2.42. The first-order valence-corrected chi connectivity index (χ1v) is 5.40. The van der Waals surface area contributed by atoms with Crippen molar-refractivity contribution in [1.82, 2.24) is 4.90 Å². The van der Waals surface area contributed by atoms with Crippen LogP contribution < -0.4 is 0 Å². The summed E-state index contributed by atoms with van der Waals surface area (Å²) < 4.78 is 14.9. The van der Waals surface area contributed by atoms with Gasteiger partial charge in [0, 0.05) is 10.6 Å². The average molecular weight is 192 g/mol. The maximum absolute atomic E-state index is 10.3. The minimum absolute atomic E-state index is 0.348. The van der Waals surface area contributed by atoms with E-state index in [1.807, 2.05) is 0 Å². The third-order valence-corrected chi connectivity index (χ3v) is 2.65. The second kappa shape index (κ2) is 4.87. The fraction of sp³-hybridized carbons (Fsp3) is 1.00. The van der Waals surface area contributed by atoms with Gasteiger partial charge in [0.25, 0.3) is 0 Å². The molecule has 0 saturated carbocycles. The molecule has 1 heterocycles. The lowest BCUT2D eigenvalue weighted by atomic mass is 10.2. The van der Waals surface area contributed by atoms with Crippen molar-refractivity contribution >= 4 is 8.25 Å². The van der Waals surface area contributed by atoms with E-state index in [1.165, 1.54) is 6.42 Å². The molecule has 1 rings (SSSR count). The van der Waals surface area contributed by atoms with E-state index in [0.717, 1.165) is 19.5 Å². The molecule has 1 saturated heterocycles. The standard InChI is InChI=1S/C7H14NO3P/c1-2-8-5-3-4-7(8)6-11-12(9)10/h7H,2-6H2,1H3/p+1/t7-/m0/s1. The van der Waals surface area contributed by atoms with E-state index in [0.29, 0.717) is 12.6 Å². The molecule has 1 fully saturated rings. The zero-order valence-corrected chi connectivity index (χ0v) is 8.17. The topological polar surface area (TPSA) is 49.8 Å². The monoisotopic (exact) mass is 192 g/mol. The zero-order valence-electron chi connectivity index (χ0n) is 7.27. The lowest BCUT2D eigenvalue weighted by Crippen LogP contribution is -2.32. The molecule has 2 atom stereocenters. The highest BCUT2D eigenvalue weighted by Gasteiger charge is 2.26. The Morgan fingerprint density at radius 1 is 1.75 bits per heavy atom. The smallest absolute Gasteiger partial charge is 0.298 e. The van der Waals surface area contributed by atoms with Crippen molar-refractivity contribution in [2.24, 2.45) is 0 Å². The van der Waals surface area contributed by atoms with Crippen LogP contribution in [-0.4, -0.2) is 35.5 Å². The van der Waals surface area contributed by atoms with Gasteiger partial charge in [-0.3, -0.25) is 4.90 Å². The molecule has 1 aliphatic heterocycles. The van der Waals surface area contributed by atoms with Crippen LogP contribution in [-0.2, 0) is 9.09 Å². The van der Waals surface area contributed by atoms with Gasteiger partial charge in [0.2, 0.25) is 0 Å². The van der Waals surface area contributed by atoms with E-state index < -0.39 is 8.25 Å². The largest absolute Gasteiger partial charge is 0.694 e. The highest BCUT2D eigenvalue weighted by atomic mass is 31.1. The number of rotatable bonds is 4. The second-order valence-electron chi connectivity index (χ2n) is 2.96. The van der Waals surface area contributed by atoms with Crippen molar-refractivity contribution in [2.75, 3.05) is 19.7 Å². The summed E-state index contributed by atoms with van der Waals surface area (Å²) in [5.41, 5.74) is 0. The molecule has 0 aromatic carbocycles. The average Bonchev–Trinajstić information content (AvgIpc) is 2.47. The van der Waals surface area contributed by atoms with Gasteiger partial charge in [0.05, 0.1) is 0 Å². The van der Waals surface area contributed by atoms with Crippen LogP contribution in [0.15, 0.2) is 0 Å². The van der Waals surface area contributed by atoms with Gasteiger partial charge in [0.1, 0.15) is 6.61 Å². The van der Waals surface area contributed by atoms with Crippen molar-refractivity contribution in [2.45, 2.75) is 25.8 Å². The van der Waals surface area contributed by atoms with Crippen molar-refractivity contribution in [1.29, 1.82) is 0 Å². The van der Waals surface area contributed by atoms with Crippen LogP contribution >= 0.6 is 8.25 Å².